The number of pyridine rings is 1. The average Bonchev–Trinajstić information content (AvgIpc) is 2.70. The number of quaternary nitrogens is 3. The minimum atomic E-state index is -1.47. The normalized spacial score (nSPS) is 14.9. The van der Waals surface area contributed by atoms with E-state index in [2.05, 4.69) is 10.1 Å². The first-order valence-electron chi connectivity index (χ1n) is 8.29. The van der Waals surface area contributed by atoms with Crippen LogP contribution in [0.4, 0.5) is 22.7 Å². The summed E-state index contributed by atoms with van der Waals surface area (Å²) < 4.78 is 0. The van der Waals surface area contributed by atoms with Crippen LogP contribution in [0.3, 0.4) is 0 Å². The van der Waals surface area contributed by atoms with Crippen molar-refractivity contribution in [1.82, 2.24) is 4.98 Å². The molecule has 3 aromatic rings. The number of benzene rings is 2. The molecule has 0 bridgehead atoms. The van der Waals surface area contributed by atoms with Gasteiger partial charge in [0, 0.05) is 24.2 Å². The van der Waals surface area contributed by atoms with Crippen molar-refractivity contribution in [2.75, 3.05) is 12.1 Å². The van der Waals surface area contributed by atoms with E-state index in [4.69, 9.17) is 5.21 Å². The standard InChI is InChI=1S/C17H18N6O6/c1-20(19-10-12-5-2-4-11-6-3-7-18-16(11)12)17-14(22(26)27)8-13(21(24)25)9-15(17)23(28)29/h2-10,21-24,26,28H,1H3/b19-10+. The number of fused-ring (bicyclic) bond motifs is 1. The predicted octanol–water partition coefficient (Wildman–Crippen LogP) is -1.08. The van der Waals surface area contributed by atoms with E-state index in [1.807, 2.05) is 12.1 Å². The first-order chi connectivity index (χ1) is 13.8. The molecular formula is C17H18N6O6. The number of nitrogens with zero attached hydrogens (tertiary/aromatic N) is 3. The predicted molar refractivity (Wildman–Crippen MR) is 102 cm³/mol. The highest BCUT2D eigenvalue weighted by atomic mass is 16.8. The second kappa shape index (κ2) is 8.54. The van der Waals surface area contributed by atoms with E-state index in [0.29, 0.717) is 11.1 Å². The Labute approximate surface area is 164 Å². The van der Waals surface area contributed by atoms with Gasteiger partial charge in [-0.2, -0.15) is 20.8 Å². The van der Waals surface area contributed by atoms with Crippen LogP contribution in [0, 0.1) is 15.6 Å². The number of hydrogen-bond acceptors (Lipinski definition) is 9. The Morgan fingerprint density at radius 3 is 2.17 bits per heavy atom. The molecule has 12 heteroatoms. The van der Waals surface area contributed by atoms with Gasteiger partial charge in [-0.3, -0.25) is 9.99 Å². The summed E-state index contributed by atoms with van der Waals surface area (Å²) in [7, 11) is 1.38. The van der Waals surface area contributed by atoms with E-state index in [1.54, 1.807) is 24.4 Å². The van der Waals surface area contributed by atoms with Crippen molar-refractivity contribution < 1.29 is 31.3 Å². The summed E-state index contributed by atoms with van der Waals surface area (Å²) in [6, 6.07) is 10.9. The van der Waals surface area contributed by atoms with Gasteiger partial charge in [0.05, 0.1) is 23.9 Å². The van der Waals surface area contributed by atoms with Crippen LogP contribution in [0.15, 0.2) is 53.8 Å². The van der Waals surface area contributed by atoms with Crippen molar-refractivity contribution in [2.24, 2.45) is 5.10 Å². The Hall–Kier alpha value is -3.04. The van der Waals surface area contributed by atoms with Crippen LogP contribution in [0.2, 0.25) is 0 Å². The lowest BCUT2D eigenvalue weighted by atomic mass is 10.1. The highest BCUT2D eigenvalue weighted by Gasteiger charge is 2.26. The molecule has 1 heterocycles. The Balaban J connectivity index is 2.08. The Morgan fingerprint density at radius 2 is 1.59 bits per heavy atom. The van der Waals surface area contributed by atoms with Gasteiger partial charge < -0.3 is 15.6 Å². The maximum absolute atomic E-state index is 11.7. The molecule has 0 amide bonds. The smallest absolute Gasteiger partial charge is 0.201 e. The minimum Gasteiger partial charge on any atom is -0.595 e. The van der Waals surface area contributed by atoms with Crippen LogP contribution in [0.5, 0.6) is 0 Å². The van der Waals surface area contributed by atoms with Gasteiger partial charge in [0.1, 0.15) is 0 Å². The number of nitrogens with one attached hydrogen (secondary N) is 3. The Morgan fingerprint density at radius 1 is 0.966 bits per heavy atom. The lowest BCUT2D eigenvalue weighted by Gasteiger charge is -2.25. The van der Waals surface area contributed by atoms with Gasteiger partial charge in [-0.1, -0.05) is 24.3 Å². The van der Waals surface area contributed by atoms with Crippen molar-refractivity contribution in [1.29, 1.82) is 0 Å². The molecule has 0 saturated heterocycles. The summed E-state index contributed by atoms with van der Waals surface area (Å²) in [5.74, 6) is 0. The molecular weight excluding hydrogens is 384 g/mol. The van der Waals surface area contributed by atoms with E-state index in [1.165, 1.54) is 13.3 Å². The summed E-state index contributed by atoms with van der Waals surface area (Å²) in [6.07, 6.45) is 3.05. The first kappa shape index (κ1) is 20.7. The minimum absolute atomic E-state index is 0.237. The zero-order valence-corrected chi connectivity index (χ0v) is 15.1. The summed E-state index contributed by atoms with van der Waals surface area (Å²) in [5, 5.41) is 64.4. The second-order valence-corrected chi connectivity index (χ2v) is 6.03. The Kier molecular flexibility index (Phi) is 6.09. The van der Waals surface area contributed by atoms with Gasteiger partial charge in [0.15, 0.2) is 11.4 Å². The van der Waals surface area contributed by atoms with E-state index >= 15 is 0 Å². The van der Waals surface area contributed by atoms with Crippen molar-refractivity contribution in [3.63, 3.8) is 0 Å². The highest BCUT2D eigenvalue weighted by Crippen LogP contribution is 2.32. The van der Waals surface area contributed by atoms with E-state index in [0.717, 1.165) is 22.5 Å². The van der Waals surface area contributed by atoms with Crippen LogP contribution in [0.1, 0.15) is 5.56 Å². The molecule has 12 nitrogen and oxygen atoms in total. The van der Waals surface area contributed by atoms with Crippen molar-refractivity contribution in [3.05, 3.63) is 69.8 Å². The van der Waals surface area contributed by atoms with E-state index in [-0.39, 0.29) is 5.69 Å². The van der Waals surface area contributed by atoms with Crippen molar-refractivity contribution in [3.8, 4) is 0 Å². The lowest BCUT2D eigenvalue weighted by Crippen LogP contribution is -3.02. The lowest BCUT2D eigenvalue weighted by molar-refractivity contribution is -1.00. The summed E-state index contributed by atoms with van der Waals surface area (Å²) >= 11 is 0. The van der Waals surface area contributed by atoms with Crippen LogP contribution in [-0.4, -0.2) is 33.9 Å². The maximum atomic E-state index is 11.7. The SMILES string of the molecule is CN(/N=C/c1cccc2cccnc12)c1c([NH+]([O-])O)cc([NH+]([O-])O)cc1[NH+]([O-])O. The summed E-state index contributed by atoms with van der Waals surface area (Å²) in [5.41, 5.74) is -0.342. The van der Waals surface area contributed by atoms with Crippen molar-refractivity contribution >= 4 is 39.9 Å². The quantitative estimate of drug-likeness (QED) is 0.223. The summed E-state index contributed by atoms with van der Waals surface area (Å²) in [4.78, 5) is 4.29. The number of hydrazone groups is 1. The number of hydrogen-bond donors (Lipinski definition) is 6. The number of para-hydroxylation sites is 1. The molecule has 0 saturated carbocycles. The zero-order chi connectivity index (χ0) is 21.1. The third-order valence-electron chi connectivity index (χ3n) is 4.18. The van der Waals surface area contributed by atoms with Gasteiger partial charge in [-0.25, -0.2) is 15.6 Å². The van der Waals surface area contributed by atoms with E-state index in [9.17, 15) is 26.0 Å². The van der Waals surface area contributed by atoms with Gasteiger partial charge in [-0.15, -0.1) is 0 Å². The highest BCUT2D eigenvalue weighted by molar-refractivity contribution is 5.97. The molecule has 3 atom stereocenters. The molecule has 152 valence electrons. The number of aromatic nitrogens is 1. The third-order valence-corrected chi connectivity index (χ3v) is 4.18. The number of anilines is 1. The number of rotatable bonds is 6. The van der Waals surface area contributed by atoms with Crippen LogP contribution in [-0.2, 0) is 0 Å². The fourth-order valence-electron chi connectivity index (χ4n) is 2.87. The molecule has 0 aliphatic carbocycles. The molecule has 2 aromatic carbocycles. The molecule has 1 aromatic heterocycles. The molecule has 3 unspecified atom stereocenters. The monoisotopic (exact) mass is 402 g/mol. The third kappa shape index (κ3) is 4.36. The fraction of sp³-hybridized carbons (Fsp3) is 0.0588. The maximum Gasteiger partial charge on any atom is 0.201 e. The molecule has 3 rings (SSSR count). The molecule has 0 aliphatic heterocycles. The molecule has 6 N–H and O–H groups in total. The second-order valence-electron chi connectivity index (χ2n) is 6.03. The summed E-state index contributed by atoms with van der Waals surface area (Å²) in [6.45, 7) is 0. The van der Waals surface area contributed by atoms with Crippen LogP contribution in [0.25, 0.3) is 10.9 Å². The fourth-order valence-corrected chi connectivity index (χ4v) is 2.87. The average molecular weight is 402 g/mol. The Bertz CT molecular complexity index is 1010. The molecule has 0 radical (unpaired) electrons. The van der Waals surface area contributed by atoms with Gasteiger partial charge in [0.25, 0.3) is 0 Å². The molecule has 0 aliphatic rings. The van der Waals surface area contributed by atoms with Gasteiger partial charge in [0.2, 0.25) is 11.4 Å². The zero-order valence-electron chi connectivity index (χ0n) is 15.1. The first-order valence-corrected chi connectivity index (χ1v) is 8.29. The molecule has 0 fully saturated rings. The van der Waals surface area contributed by atoms with Crippen LogP contribution >= 0.6 is 0 Å². The molecule has 29 heavy (non-hydrogen) atoms. The van der Waals surface area contributed by atoms with Crippen LogP contribution < -0.4 is 20.7 Å². The van der Waals surface area contributed by atoms with Gasteiger partial charge >= 0.3 is 0 Å². The van der Waals surface area contributed by atoms with E-state index < -0.39 is 32.7 Å². The molecule has 0 spiro atoms. The van der Waals surface area contributed by atoms with Crippen molar-refractivity contribution in [2.45, 2.75) is 0 Å². The topological polar surface area (TPSA) is 172 Å². The van der Waals surface area contributed by atoms with Gasteiger partial charge in [-0.05, 0) is 6.07 Å². The largest absolute Gasteiger partial charge is 0.595 e.